The number of rotatable bonds is 1. The topological polar surface area (TPSA) is 39.2 Å². The van der Waals surface area contributed by atoms with Crippen LogP contribution in [0.15, 0.2) is 30.3 Å². The molecule has 0 aliphatic rings. The first-order valence-electron chi connectivity index (χ1n) is 5.65. The van der Waals surface area contributed by atoms with E-state index in [1.54, 1.807) is 24.3 Å². The second-order valence-corrected chi connectivity index (χ2v) is 5.41. The van der Waals surface area contributed by atoms with Crippen molar-refractivity contribution in [1.29, 1.82) is 0 Å². The van der Waals surface area contributed by atoms with Crippen molar-refractivity contribution >= 4 is 28.5 Å². The van der Waals surface area contributed by atoms with Crippen LogP contribution in [0.1, 0.15) is 31.3 Å². The summed E-state index contributed by atoms with van der Waals surface area (Å²) in [6, 6.07) is 8.82. The molecule has 0 saturated carbocycles. The summed E-state index contributed by atoms with van der Waals surface area (Å²) in [5.41, 5.74) is 0.452. The Morgan fingerprint density at radius 1 is 1.22 bits per heavy atom. The van der Waals surface area contributed by atoms with Crippen molar-refractivity contribution in [3.8, 4) is 0 Å². The van der Waals surface area contributed by atoms with Crippen LogP contribution in [-0.2, 0) is 4.74 Å². The molecule has 18 heavy (non-hydrogen) atoms. The number of hydrogen-bond donors (Lipinski definition) is 0. The number of fused-ring (bicyclic) bond motifs is 1. The fraction of sp³-hybridized carbons (Fsp3) is 0.286. The van der Waals surface area contributed by atoms with Crippen molar-refractivity contribution in [2.75, 3.05) is 0 Å². The van der Waals surface area contributed by atoms with Crippen molar-refractivity contribution in [2.24, 2.45) is 0 Å². The molecule has 0 aliphatic heterocycles. The molecule has 3 nitrogen and oxygen atoms in total. The van der Waals surface area contributed by atoms with Crippen molar-refractivity contribution in [3.63, 3.8) is 0 Å². The van der Waals surface area contributed by atoms with Gasteiger partial charge in [-0.2, -0.15) is 0 Å². The van der Waals surface area contributed by atoms with E-state index in [0.717, 1.165) is 5.39 Å². The van der Waals surface area contributed by atoms with E-state index in [2.05, 4.69) is 4.98 Å². The monoisotopic (exact) mass is 263 g/mol. The van der Waals surface area contributed by atoms with Gasteiger partial charge in [-0.1, -0.05) is 17.7 Å². The maximum absolute atomic E-state index is 11.9. The van der Waals surface area contributed by atoms with Gasteiger partial charge in [-0.3, -0.25) is 0 Å². The predicted octanol–water partition coefficient (Wildman–Crippen LogP) is 3.84. The van der Waals surface area contributed by atoms with Gasteiger partial charge in [-0.25, -0.2) is 9.78 Å². The van der Waals surface area contributed by atoms with E-state index >= 15 is 0 Å². The summed E-state index contributed by atoms with van der Waals surface area (Å²) in [5, 5.41) is 1.45. The molecule has 2 rings (SSSR count). The standard InChI is InChI=1S/C14H14ClNO2/c1-14(2,3)18-13(17)12-8-7-9-10(15)5-4-6-11(9)16-12/h4-8H,1-3H3. The summed E-state index contributed by atoms with van der Waals surface area (Å²) in [4.78, 5) is 16.1. The quantitative estimate of drug-likeness (QED) is 0.734. The number of aromatic nitrogens is 1. The van der Waals surface area contributed by atoms with Crippen LogP contribution in [0.25, 0.3) is 10.9 Å². The Hall–Kier alpha value is -1.61. The average molecular weight is 264 g/mol. The minimum Gasteiger partial charge on any atom is -0.455 e. The molecule has 0 aliphatic carbocycles. The highest BCUT2D eigenvalue weighted by Gasteiger charge is 2.19. The fourth-order valence-electron chi connectivity index (χ4n) is 1.56. The molecule has 0 saturated heterocycles. The van der Waals surface area contributed by atoms with Gasteiger partial charge in [-0.15, -0.1) is 0 Å². The molecule has 0 spiro atoms. The molecule has 0 N–H and O–H groups in total. The number of nitrogens with zero attached hydrogens (tertiary/aromatic N) is 1. The lowest BCUT2D eigenvalue weighted by atomic mass is 10.2. The van der Waals surface area contributed by atoms with Gasteiger partial charge in [0.1, 0.15) is 11.3 Å². The number of hydrogen-bond acceptors (Lipinski definition) is 3. The first-order valence-corrected chi connectivity index (χ1v) is 6.03. The first-order chi connectivity index (χ1) is 8.37. The molecule has 1 aromatic heterocycles. The fourth-order valence-corrected chi connectivity index (χ4v) is 1.79. The number of ether oxygens (including phenoxy) is 1. The van der Waals surface area contributed by atoms with E-state index in [9.17, 15) is 4.79 Å². The van der Waals surface area contributed by atoms with Crippen LogP contribution in [0.2, 0.25) is 5.02 Å². The van der Waals surface area contributed by atoms with Crippen molar-refractivity contribution in [3.05, 3.63) is 41.0 Å². The molecule has 1 heterocycles. The minimum absolute atomic E-state index is 0.291. The number of carbonyl (C=O) groups excluding carboxylic acids is 1. The molecule has 0 amide bonds. The lowest BCUT2D eigenvalue weighted by Gasteiger charge is -2.19. The van der Waals surface area contributed by atoms with E-state index < -0.39 is 11.6 Å². The lowest BCUT2D eigenvalue weighted by molar-refractivity contribution is 0.00633. The van der Waals surface area contributed by atoms with Gasteiger partial charge >= 0.3 is 5.97 Å². The SMILES string of the molecule is CC(C)(C)OC(=O)c1ccc2c(Cl)cccc2n1. The van der Waals surface area contributed by atoms with Crippen molar-refractivity contribution < 1.29 is 9.53 Å². The van der Waals surface area contributed by atoms with E-state index in [0.29, 0.717) is 16.2 Å². The summed E-state index contributed by atoms with van der Waals surface area (Å²) in [5.74, 6) is -0.427. The normalized spacial score (nSPS) is 11.6. The Kier molecular flexibility index (Phi) is 3.26. The first kappa shape index (κ1) is 12.8. The van der Waals surface area contributed by atoms with Gasteiger partial charge in [0.2, 0.25) is 0 Å². The van der Waals surface area contributed by atoms with Crippen molar-refractivity contribution in [1.82, 2.24) is 4.98 Å². The Balaban J connectivity index is 2.39. The van der Waals surface area contributed by atoms with E-state index in [4.69, 9.17) is 16.3 Å². The van der Waals surface area contributed by atoms with Gasteiger partial charge in [0.15, 0.2) is 0 Å². The molecule has 0 bridgehead atoms. The summed E-state index contributed by atoms with van der Waals surface area (Å²) < 4.78 is 5.27. The predicted molar refractivity (Wildman–Crippen MR) is 71.9 cm³/mol. The highest BCUT2D eigenvalue weighted by atomic mass is 35.5. The number of benzene rings is 1. The molecule has 0 radical (unpaired) electrons. The van der Waals surface area contributed by atoms with Gasteiger partial charge in [0, 0.05) is 10.4 Å². The molecule has 2 aromatic rings. The zero-order valence-electron chi connectivity index (χ0n) is 10.5. The Bertz CT molecular complexity index is 602. The zero-order valence-corrected chi connectivity index (χ0v) is 11.3. The number of pyridine rings is 1. The molecular weight excluding hydrogens is 250 g/mol. The third-order valence-corrected chi connectivity index (χ3v) is 2.62. The summed E-state index contributed by atoms with van der Waals surface area (Å²) in [6.07, 6.45) is 0. The molecule has 0 atom stereocenters. The smallest absolute Gasteiger partial charge is 0.357 e. The molecule has 0 fully saturated rings. The van der Waals surface area contributed by atoms with Crippen LogP contribution in [0.5, 0.6) is 0 Å². The van der Waals surface area contributed by atoms with E-state index in [1.807, 2.05) is 26.8 Å². The van der Waals surface area contributed by atoms with Gasteiger partial charge in [0.05, 0.1) is 5.52 Å². The third kappa shape index (κ3) is 2.79. The third-order valence-electron chi connectivity index (χ3n) is 2.29. The average Bonchev–Trinajstić information content (AvgIpc) is 2.26. The van der Waals surface area contributed by atoms with Crippen LogP contribution >= 0.6 is 11.6 Å². The maximum Gasteiger partial charge on any atom is 0.357 e. The highest BCUT2D eigenvalue weighted by molar-refractivity contribution is 6.35. The van der Waals surface area contributed by atoms with Gasteiger partial charge in [-0.05, 0) is 45.0 Å². The van der Waals surface area contributed by atoms with Crippen LogP contribution < -0.4 is 0 Å². The summed E-state index contributed by atoms with van der Waals surface area (Å²) in [6.45, 7) is 5.47. The zero-order chi connectivity index (χ0) is 13.3. The van der Waals surface area contributed by atoms with E-state index in [-0.39, 0.29) is 0 Å². The number of halogens is 1. The van der Waals surface area contributed by atoms with Crippen molar-refractivity contribution in [2.45, 2.75) is 26.4 Å². The van der Waals surface area contributed by atoms with Gasteiger partial charge in [0.25, 0.3) is 0 Å². The molecule has 0 unspecified atom stereocenters. The van der Waals surface area contributed by atoms with Crippen LogP contribution in [0.4, 0.5) is 0 Å². The Morgan fingerprint density at radius 3 is 2.61 bits per heavy atom. The molecule has 4 heteroatoms. The number of carbonyl (C=O) groups is 1. The molecular formula is C14H14ClNO2. The van der Waals surface area contributed by atoms with Crippen LogP contribution in [0.3, 0.4) is 0 Å². The van der Waals surface area contributed by atoms with Crippen LogP contribution in [-0.4, -0.2) is 16.6 Å². The Morgan fingerprint density at radius 2 is 1.94 bits per heavy atom. The molecule has 1 aromatic carbocycles. The number of esters is 1. The second kappa shape index (κ2) is 4.58. The second-order valence-electron chi connectivity index (χ2n) is 5.00. The Labute approximate surface area is 111 Å². The highest BCUT2D eigenvalue weighted by Crippen LogP contribution is 2.22. The molecule has 94 valence electrons. The minimum atomic E-state index is -0.526. The summed E-state index contributed by atoms with van der Waals surface area (Å²) >= 11 is 6.04. The lowest BCUT2D eigenvalue weighted by Crippen LogP contribution is -2.24. The largest absolute Gasteiger partial charge is 0.455 e. The van der Waals surface area contributed by atoms with Crippen LogP contribution in [0, 0.1) is 0 Å². The van der Waals surface area contributed by atoms with E-state index in [1.165, 1.54) is 0 Å². The summed E-state index contributed by atoms with van der Waals surface area (Å²) in [7, 11) is 0. The van der Waals surface area contributed by atoms with Gasteiger partial charge < -0.3 is 4.74 Å². The maximum atomic E-state index is 11.9.